The molecule has 0 heterocycles. The molecule has 1 aliphatic carbocycles. The van der Waals surface area contributed by atoms with Crippen molar-refractivity contribution in [3.63, 3.8) is 0 Å². The van der Waals surface area contributed by atoms with E-state index in [-0.39, 0.29) is 6.10 Å². The molecule has 4 rings (SSSR count). The summed E-state index contributed by atoms with van der Waals surface area (Å²) in [5, 5.41) is 8.40. The highest BCUT2D eigenvalue weighted by atomic mass is 16.5. The van der Waals surface area contributed by atoms with Gasteiger partial charge in [0.2, 0.25) is 0 Å². The minimum Gasteiger partial charge on any atom is -0.488 e. The Hall–Kier alpha value is -3.11. The maximum atomic E-state index is 8.40. The van der Waals surface area contributed by atoms with Gasteiger partial charge in [-0.15, -0.1) is 0 Å². The van der Waals surface area contributed by atoms with Crippen LogP contribution < -0.4 is 10.5 Å². The zero-order chi connectivity index (χ0) is 19.3. The monoisotopic (exact) mass is 372 g/mol. The van der Waals surface area contributed by atoms with E-state index in [2.05, 4.69) is 12.1 Å². The maximum Gasteiger partial charge on any atom is 0.126 e. The Morgan fingerprint density at radius 3 is 2.18 bits per heavy atom. The molecule has 4 nitrogen and oxygen atoms in total. The summed E-state index contributed by atoms with van der Waals surface area (Å²) in [6, 6.07) is 23.9. The first kappa shape index (κ1) is 18.3. The van der Waals surface area contributed by atoms with Crippen molar-refractivity contribution in [2.24, 2.45) is 0 Å². The molecule has 4 heteroatoms. The quantitative estimate of drug-likeness (QED) is 0.579. The molecule has 3 N–H and O–H groups in total. The fraction of sp³-hybridized carbons (Fsp3) is 0.208. The molecule has 0 saturated heterocycles. The van der Waals surface area contributed by atoms with Crippen molar-refractivity contribution >= 4 is 11.4 Å². The average molecular weight is 372 g/mol. The Balaban J connectivity index is 1.61. The number of anilines is 1. The number of fused-ring (bicyclic) bond motifs is 1. The van der Waals surface area contributed by atoms with E-state index >= 15 is 0 Å². The first-order valence-corrected chi connectivity index (χ1v) is 9.55. The summed E-state index contributed by atoms with van der Waals surface area (Å²) in [5.41, 5.74) is 11.3. The van der Waals surface area contributed by atoms with E-state index in [9.17, 15) is 0 Å². The number of nitrogens with one attached hydrogen (secondary N) is 1. The molecule has 0 bridgehead atoms. The lowest BCUT2D eigenvalue weighted by Gasteiger charge is -2.29. The maximum absolute atomic E-state index is 8.40. The largest absolute Gasteiger partial charge is 0.488 e. The molecule has 0 fully saturated rings. The molecule has 0 aromatic heterocycles. The fourth-order valence-corrected chi connectivity index (χ4v) is 3.62. The van der Waals surface area contributed by atoms with E-state index in [1.165, 1.54) is 0 Å². The van der Waals surface area contributed by atoms with Crippen molar-refractivity contribution < 1.29 is 9.47 Å². The topological polar surface area (TPSA) is 68.3 Å². The van der Waals surface area contributed by atoms with Gasteiger partial charge in [-0.2, -0.15) is 0 Å². The highest BCUT2D eigenvalue weighted by Crippen LogP contribution is 2.42. The van der Waals surface area contributed by atoms with Crippen LogP contribution >= 0.6 is 0 Å². The van der Waals surface area contributed by atoms with Gasteiger partial charge in [-0.05, 0) is 36.1 Å². The predicted molar refractivity (Wildman–Crippen MR) is 112 cm³/mol. The SMILES string of the molecule is N=C1CCC(OCc2ccccc2)c2c(OCc3ccccc3)ccc(N)c21. The van der Waals surface area contributed by atoms with Crippen LogP contribution in [0.2, 0.25) is 0 Å². The number of hydrogen-bond acceptors (Lipinski definition) is 4. The van der Waals surface area contributed by atoms with E-state index < -0.39 is 0 Å². The van der Waals surface area contributed by atoms with Crippen molar-refractivity contribution in [3.05, 3.63) is 95.1 Å². The lowest BCUT2D eigenvalue weighted by atomic mass is 9.86. The van der Waals surface area contributed by atoms with E-state index in [1.54, 1.807) is 0 Å². The number of ether oxygens (including phenoxy) is 2. The Kier molecular flexibility index (Phi) is 5.40. The number of nitrogen functional groups attached to an aromatic ring is 1. The van der Waals surface area contributed by atoms with Gasteiger partial charge < -0.3 is 20.6 Å². The van der Waals surface area contributed by atoms with Gasteiger partial charge in [-0.3, -0.25) is 0 Å². The summed E-state index contributed by atoms with van der Waals surface area (Å²) >= 11 is 0. The fourth-order valence-electron chi connectivity index (χ4n) is 3.62. The second-order valence-electron chi connectivity index (χ2n) is 7.02. The molecule has 0 spiro atoms. The lowest BCUT2D eigenvalue weighted by Crippen LogP contribution is -2.21. The van der Waals surface area contributed by atoms with Gasteiger partial charge in [0.25, 0.3) is 0 Å². The van der Waals surface area contributed by atoms with Crippen molar-refractivity contribution in [3.8, 4) is 5.75 Å². The summed E-state index contributed by atoms with van der Waals surface area (Å²) in [4.78, 5) is 0. The van der Waals surface area contributed by atoms with Crippen LogP contribution in [-0.2, 0) is 18.0 Å². The zero-order valence-corrected chi connectivity index (χ0v) is 15.7. The molecule has 0 aliphatic heterocycles. The smallest absolute Gasteiger partial charge is 0.126 e. The zero-order valence-electron chi connectivity index (χ0n) is 15.7. The molecule has 1 atom stereocenters. The van der Waals surface area contributed by atoms with Gasteiger partial charge in [0.15, 0.2) is 0 Å². The molecule has 28 heavy (non-hydrogen) atoms. The molecule has 0 radical (unpaired) electrons. The number of rotatable bonds is 6. The third-order valence-electron chi connectivity index (χ3n) is 5.05. The number of benzene rings is 3. The van der Waals surface area contributed by atoms with E-state index in [0.717, 1.165) is 34.4 Å². The van der Waals surface area contributed by atoms with Gasteiger partial charge in [0.05, 0.1) is 12.7 Å². The average Bonchev–Trinajstić information content (AvgIpc) is 2.74. The highest BCUT2D eigenvalue weighted by Gasteiger charge is 2.29. The van der Waals surface area contributed by atoms with Crippen molar-refractivity contribution in [1.82, 2.24) is 0 Å². The minimum absolute atomic E-state index is 0.140. The van der Waals surface area contributed by atoms with E-state index in [0.29, 0.717) is 31.0 Å². The van der Waals surface area contributed by atoms with E-state index in [4.69, 9.17) is 20.6 Å². The summed E-state index contributed by atoms with van der Waals surface area (Å²) in [6.45, 7) is 0.987. The molecule has 0 saturated carbocycles. The highest BCUT2D eigenvalue weighted by molar-refractivity contribution is 6.05. The molecule has 0 amide bonds. The summed E-state index contributed by atoms with van der Waals surface area (Å²) in [6.07, 6.45) is 1.27. The first-order chi connectivity index (χ1) is 13.7. The Bertz CT molecular complexity index is 955. The first-order valence-electron chi connectivity index (χ1n) is 9.55. The molecular formula is C24H24N2O2. The second kappa shape index (κ2) is 8.28. The van der Waals surface area contributed by atoms with Gasteiger partial charge in [0, 0.05) is 22.5 Å². The van der Waals surface area contributed by atoms with E-state index in [1.807, 2.05) is 60.7 Å². The summed E-state index contributed by atoms with van der Waals surface area (Å²) < 4.78 is 12.4. The van der Waals surface area contributed by atoms with Crippen molar-refractivity contribution in [1.29, 1.82) is 5.41 Å². The minimum atomic E-state index is -0.140. The van der Waals surface area contributed by atoms with Crippen LogP contribution in [0.3, 0.4) is 0 Å². The molecule has 3 aromatic carbocycles. The van der Waals surface area contributed by atoms with Crippen LogP contribution in [0.1, 0.15) is 41.2 Å². The molecule has 142 valence electrons. The van der Waals surface area contributed by atoms with Gasteiger partial charge in [0.1, 0.15) is 12.4 Å². The van der Waals surface area contributed by atoms with Crippen LogP contribution in [0.25, 0.3) is 0 Å². The number of hydrogen-bond donors (Lipinski definition) is 2. The van der Waals surface area contributed by atoms with Crippen molar-refractivity contribution in [2.75, 3.05) is 5.73 Å². The third kappa shape index (κ3) is 3.92. The summed E-state index contributed by atoms with van der Waals surface area (Å²) in [5.74, 6) is 0.746. The predicted octanol–water partition coefficient (Wildman–Crippen LogP) is 5.27. The van der Waals surface area contributed by atoms with Crippen LogP contribution in [-0.4, -0.2) is 5.71 Å². The lowest BCUT2D eigenvalue weighted by molar-refractivity contribution is 0.0314. The van der Waals surface area contributed by atoms with Crippen LogP contribution in [0.15, 0.2) is 72.8 Å². The van der Waals surface area contributed by atoms with Gasteiger partial charge in [-0.1, -0.05) is 60.7 Å². The van der Waals surface area contributed by atoms with Crippen LogP contribution in [0, 0.1) is 5.41 Å². The molecule has 1 aliphatic rings. The van der Waals surface area contributed by atoms with Crippen LogP contribution in [0.4, 0.5) is 5.69 Å². The van der Waals surface area contributed by atoms with Crippen LogP contribution in [0.5, 0.6) is 5.75 Å². The second-order valence-corrected chi connectivity index (χ2v) is 7.02. The molecule has 1 unspecified atom stereocenters. The molecular weight excluding hydrogens is 348 g/mol. The number of nitrogens with two attached hydrogens (primary N) is 1. The Labute approximate surface area is 165 Å². The Morgan fingerprint density at radius 1 is 0.857 bits per heavy atom. The molecule has 3 aromatic rings. The Morgan fingerprint density at radius 2 is 1.50 bits per heavy atom. The summed E-state index contributed by atoms with van der Waals surface area (Å²) in [7, 11) is 0. The standard InChI is InChI=1S/C24H24N2O2/c25-19-11-13-21(27-15-17-7-3-1-4-8-17)24-22(14-12-20(26)23(19)24)28-16-18-9-5-2-6-10-18/h1-11,13,22,26H,12,14-16,25H2. The van der Waals surface area contributed by atoms with Gasteiger partial charge in [-0.25, -0.2) is 0 Å². The van der Waals surface area contributed by atoms with Gasteiger partial charge >= 0.3 is 0 Å². The normalized spacial score (nSPS) is 15.9. The third-order valence-corrected chi connectivity index (χ3v) is 5.05. The van der Waals surface area contributed by atoms with Crippen molar-refractivity contribution in [2.45, 2.75) is 32.2 Å².